The summed E-state index contributed by atoms with van der Waals surface area (Å²) in [5.41, 5.74) is 0.535. The molecule has 1 saturated heterocycles. The second-order valence-electron chi connectivity index (χ2n) is 5.63. The van der Waals surface area contributed by atoms with Gasteiger partial charge in [-0.05, 0) is 12.1 Å². The molecule has 1 aromatic carbocycles. The van der Waals surface area contributed by atoms with E-state index in [0.29, 0.717) is 0 Å². The number of likely N-dealkylation sites (tertiary alicyclic amines) is 1. The summed E-state index contributed by atoms with van der Waals surface area (Å²) in [7, 11) is -3.73. The van der Waals surface area contributed by atoms with Gasteiger partial charge in [-0.3, -0.25) is 14.5 Å². The smallest absolute Gasteiger partial charge is 0.407 e. The summed E-state index contributed by atoms with van der Waals surface area (Å²) in [4.78, 5) is 36.9. The van der Waals surface area contributed by atoms with Gasteiger partial charge < -0.3 is 10.0 Å². The van der Waals surface area contributed by atoms with E-state index in [1.54, 1.807) is 12.1 Å². The molecule has 128 valence electrons. The molecule has 0 aliphatic carbocycles. The number of sulfonamides is 1. The quantitative estimate of drug-likeness (QED) is 0.692. The second kappa shape index (κ2) is 5.87. The zero-order valence-electron chi connectivity index (χ0n) is 12.5. The normalized spacial score (nSPS) is 17.8. The number of nitrogens with zero attached hydrogens (tertiary/aromatic N) is 2. The highest BCUT2D eigenvalue weighted by molar-refractivity contribution is 7.89. The van der Waals surface area contributed by atoms with Gasteiger partial charge in [0.15, 0.2) is 0 Å². The summed E-state index contributed by atoms with van der Waals surface area (Å²) in [6.07, 6.45) is -1.10. The zero-order chi connectivity index (χ0) is 17.5. The molecule has 2 aliphatic heterocycles. The highest BCUT2D eigenvalue weighted by atomic mass is 32.2. The number of nitrogens with one attached hydrogen (secondary N) is 1. The highest BCUT2D eigenvalue weighted by Crippen LogP contribution is 2.22. The van der Waals surface area contributed by atoms with Gasteiger partial charge in [0, 0.05) is 19.6 Å². The Morgan fingerprint density at radius 1 is 1.17 bits per heavy atom. The second-order valence-corrected chi connectivity index (χ2v) is 7.50. The van der Waals surface area contributed by atoms with E-state index in [-0.39, 0.29) is 30.8 Å². The largest absolute Gasteiger partial charge is 0.465 e. The van der Waals surface area contributed by atoms with E-state index >= 15 is 0 Å². The van der Waals surface area contributed by atoms with Gasteiger partial charge in [-0.1, -0.05) is 12.1 Å². The van der Waals surface area contributed by atoms with Crippen LogP contribution in [0.2, 0.25) is 0 Å². The number of carbonyl (C=O) groups excluding carboxylic acids is 2. The number of rotatable bonds is 5. The van der Waals surface area contributed by atoms with Gasteiger partial charge in [-0.25, -0.2) is 17.9 Å². The van der Waals surface area contributed by atoms with Crippen LogP contribution in [0, 0.1) is 0 Å². The molecule has 0 spiro atoms. The average Bonchev–Trinajstić information content (AvgIpc) is 2.73. The van der Waals surface area contributed by atoms with E-state index in [9.17, 15) is 22.8 Å². The number of fused-ring (bicyclic) bond motifs is 1. The molecule has 24 heavy (non-hydrogen) atoms. The summed E-state index contributed by atoms with van der Waals surface area (Å²) in [5, 5.41) is 8.71. The Bertz CT molecular complexity index is 781. The van der Waals surface area contributed by atoms with Crippen molar-refractivity contribution in [1.29, 1.82) is 0 Å². The Morgan fingerprint density at radius 3 is 2.21 bits per heavy atom. The van der Waals surface area contributed by atoms with E-state index in [2.05, 4.69) is 4.72 Å². The zero-order valence-corrected chi connectivity index (χ0v) is 13.3. The number of imide groups is 1. The van der Waals surface area contributed by atoms with Crippen LogP contribution in [0.1, 0.15) is 20.7 Å². The number of hydrogen-bond donors (Lipinski definition) is 2. The lowest BCUT2D eigenvalue weighted by Crippen LogP contribution is -2.61. The Morgan fingerprint density at radius 2 is 1.71 bits per heavy atom. The number of carboxylic acid groups (broad SMARTS) is 1. The first kappa shape index (κ1) is 16.4. The Hall–Kier alpha value is -2.46. The van der Waals surface area contributed by atoms with Crippen LogP contribution in [0.25, 0.3) is 0 Å². The van der Waals surface area contributed by atoms with Gasteiger partial charge in [-0.2, -0.15) is 0 Å². The van der Waals surface area contributed by atoms with Gasteiger partial charge >= 0.3 is 6.09 Å². The van der Waals surface area contributed by atoms with E-state index in [1.165, 1.54) is 12.1 Å². The monoisotopic (exact) mass is 353 g/mol. The molecule has 3 rings (SSSR count). The highest BCUT2D eigenvalue weighted by Gasteiger charge is 2.37. The third-order valence-corrected chi connectivity index (χ3v) is 5.37. The fourth-order valence-electron chi connectivity index (χ4n) is 2.68. The Labute approximate surface area is 137 Å². The van der Waals surface area contributed by atoms with Gasteiger partial charge in [-0.15, -0.1) is 0 Å². The minimum Gasteiger partial charge on any atom is -0.465 e. The molecular weight excluding hydrogens is 338 g/mol. The lowest BCUT2D eigenvalue weighted by atomic mass is 10.1. The Balaban J connectivity index is 1.57. The van der Waals surface area contributed by atoms with Crippen molar-refractivity contribution in [3.8, 4) is 0 Å². The fourth-order valence-corrected chi connectivity index (χ4v) is 3.87. The van der Waals surface area contributed by atoms with Crippen LogP contribution in [0.15, 0.2) is 24.3 Å². The minimum absolute atomic E-state index is 0.0849. The van der Waals surface area contributed by atoms with Crippen LogP contribution in [-0.2, 0) is 10.0 Å². The standard InChI is InChI=1S/C14H15N3O6S/c18-12-10-3-1-2-4-11(10)13(19)17(12)5-6-24(22,23)15-9-7-16(8-9)14(20)21/h1-4,9,15H,5-8H2,(H,20,21). The maximum absolute atomic E-state index is 12.1. The molecule has 0 atom stereocenters. The molecule has 1 fully saturated rings. The first-order valence-corrected chi connectivity index (χ1v) is 8.87. The maximum Gasteiger partial charge on any atom is 0.407 e. The van der Waals surface area contributed by atoms with Crippen molar-refractivity contribution in [2.75, 3.05) is 25.4 Å². The lowest BCUT2D eigenvalue weighted by Gasteiger charge is -2.37. The van der Waals surface area contributed by atoms with Crippen LogP contribution in [0.4, 0.5) is 4.79 Å². The van der Waals surface area contributed by atoms with Gasteiger partial charge in [0.2, 0.25) is 10.0 Å². The number of carbonyl (C=O) groups is 3. The fraction of sp³-hybridized carbons (Fsp3) is 0.357. The van der Waals surface area contributed by atoms with E-state index < -0.39 is 39.7 Å². The van der Waals surface area contributed by atoms with Crippen molar-refractivity contribution in [3.63, 3.8) is 0 Å². The van der Waals surface area contributed by atoms with E-state index in [1.807, 2.05) is 0 Å². The third-order valence-electron chi connectivity index (χ3n) is 3.96. The molecule has 9 nitrogen and oxygen atoms in total. The van der Waals surface area contributed by atoms with Crippen molar-refractivity contribution in [3.05, 3.63) is 35.4 Å². The van der Waals surface area contributed by atoms with E-state index in [4.69, 9.17) is 5.11 Å². The van der Waals surface area contributed by atoms with Crippen LogP contribution < -0.4 is 4.72 Å². The summed E-state index contributed by atoms with van der Waals surface area (Å²) >= 11 is 0. The molecule has 2 heterocycles. The van der Waals surface area contributed by atoms with Crippen molar-refractivity contribution in [2.24, 2.45) is 0 Å². The van der Waals surface area contributed by atoms with Crippen molar-refractivity contribution in [2.45, 2.75) is 6.04 Å². The molecule has 0 saturated carbocycles. The molecule has 0 unspecified atom stereocenters. The molecule has 2 N–H and O–H groups in total. The SMILES string of the molecule is O=C(O)N1CC(NS(=O)(=O)CCN2C(=O)c3ccccc3C2=O)C1. The topological polar surface area (TPSA) is 124 Å². The predicted molar refractivity (Wildman–Crippen MR) is 82.1 cm³/mol. The molecule has 3 amide bonds. The van der Waals surface area contributed by atoms with E-state index in [0.717, 1.165) is 9.80 Å². The van der Waals surface area contributed by atoms with Gasteiger partial charge in [0.25, 0.3) is 11.8 Å². The number of benzene rings is 1. The minimum atomic E-state index is -3.73. The molecule has 0 bridgehead atoms. The number of hydrogen-bond acceptors (Lipinski definition) is 5. The molecule has 2 aliphatic rings. The van der Waals surface area contributed by atoms with Gasteiger partial charge in [0.1, 0.15) is 0 Å². The molecule has 1 aromatic rings. The van der Waals surface area contributed by atoms with Crippen LogP contribution >= 0.6 is 0 Å². The predicted octanol–water partition coefficient (Wildman–Crippen LogP) is -0.436. The van der Waals surface area contributed by atoms with Crippen LogP contribution in [0.5, 0.6) is 0 Å². The van der Waals surface area contributed by atoms with Crippen molar-refractivity contribution < 1.29 is 27.9 Å². The molecule has 10 heteroatoms. The van der Waals surface area contributed by atoms with Crippen molar-refractivity contribution >= 4 is 27.9 Å². The maximum atomic E-state index is 12.1. The average molecular weight is 353 g/mol. The molecular formula is C14H15N3O6S. The van der Waals surface area contributed by atoms with Gasteiger partial charge in [0.05, 0.1) is 22.9 Å². The molecule has 0 radical (unpaired) electrons. The summed E-state index contributed by atoms with van der Waals surface area (Å²) in [6.45, 7) is -0.0831. The summed E-state index contributed by atoms with van der Waals surface area (Å²) in [6, 6.07) is 5.84. The lowest BCUT2D eigenvalue weighted by molar-refractivity contribution is 0.0663. The third kappa shape index (κ3) is 2.97. The van der Waals surface area contributed by atoms with Crippen molar-refractivity contribution in [1.82, 2.24) is 14.5 Å². The van der Waals surface area contributed by atoms with Crippen LogP contribution in [-0.4, -0.2) is 72.7 Å². The summed E-state index contributed by atoms with van der Waals surface area (Å²) < 4.78 is 26.4. The first-order valence-electron chi connectivity index (χ1n) is 7.21. The molecule has 0 aromatic heterocycles. The summed E-state index contributed by atoms with van der Waals surface area (Å²) in [5.74, 6) is -1.44. The Kier molecular flexibility index (Phi) is 4.01. The van der Waals surface area contributed by atoms with Crippen LogP contribution in [0.3, 0.4) is 0 Å². The first-order chi connectivity index (χ1) is 11.3. The number of amides is 3.